The van der Waals surface area contributed by atoms with Gasteiger partial charge in [0.2, 0.25) is 0 Å². The van der Waals surface area contributed by atoms with Crippen LogP contribution < -0.4 is 0 Å². The van der Waals surface area contributed by atoms with Crippen molar-refractivity contribution in [2.45, 2.75) is 33.7 Å². The molecule has 2 heterocycles. The molecule has 1 aromatic carbocycles. The van der Waals surface area contributed by atoms with Crippen LogP contribution in [0, 0.1) is 13.8 Å². The standard InChI is InChI=1S/C17H17N3O4/c1-9(2)19-11(4)14(10(3)18-19)17(23)24-20-15(21)12-7-5-6-8-13(12)16(20)22/h5-9H,1-4H3. The second-order valence-corrected chi connectivity index (χ2v) is 5.91. The van der Waals surface area contributed by atoms with Crippen LogP contribution in [0.15, 0.2) is 24.3 Å². The van der Waals surface area contributed by atoms with Gasteiger partial charge in [-0.05, 0) is 39.8 Å². The minimum absolute atomic E-state index is 0.0737. The minimum atomic E-state index is -0.772. The van der Waals surface area contributed by atoms with Crippen molar-refractivity contribution in [3.8, 4) is 0 Å². The molecule has 0 fully saturated rings. The molecule has 2 aromatic rings. The molecule has 7 nitrogen and oxygen atoms in total. The van der Waals surface area contributed by atoms with Gasteiger partial charge in [0, 0.05) is 6.04 Å². The number of aromatic nitrogens is 2. The van der Waals surface area contributed by atoms with Crippen LogP contribution in [0.3, 0.4) is 0 Å². The first-order valence-corrected chi connectivity index (χ1v) is 7.58. The molecule has 1 aliphatic rings. The molecule has 1 aliphatic heterocycles. The maximum atomic E-state index is 12.5. The van der Waals surface area contributed by atoms with Crippen LogP contribution >= 0.6 is 0 Å². The number of fused-ring (bicyclic) bond motifs is 1. The van der Waals surface area contributed by atoms with E-state index < -0.39 is 17.8 Å². The average Bonchev–Trinajstić information content (AvgIpc) is 2.97. The maximum Gasteiger partial charge on any atom is 0.367 e. The number of rotatable bonds is 3. The van der Waals surface area contributed by atoms with Crippen LogP contribution in [0.1, 0.15) is 62.4 Å². The highest BCUT2D eigenvalue weighted by Crippen LogP contribution is 2.25. The van der Waals surface area contributed by atoms with E-state index in [4.69, 9.17) is 4.84 Å². The first kappa shape index (κ1) is 15.9. The molecule has 0 saturated carbocycles. The summed E-state index contributed by atoms with van der Waals surface area (Å²) in [5.41, 5.74) is 1.83. The fourth-order valence-electron chi connectivity index (χ4n) is 2.84. The molecule has 0 saturated heterocycles. The zero-order valence-corrected chi connectivity index (χ0v) is 13.9. The van der Waals surface area contributed by atoms with Crippen LogP contribution in [-0.4, -0.2) is 32.6 Å². The third-order valence-electron chi connectivity index (χ3n) is 3.95. The van der Waals surface area contributed by atoms with Gasteiger partial charge in [-0.1, -0.05) is 17.2 Å². The smallest absolute Gasteiger partial charge is 0.324 e. The van der Waals surface area contributed by atoms with E-state index >= 15 is 0 Å². The molecule has 0 bridgehead atoms. The van der Waals surface area contributed by atoms with E-state index in [9.17, 15) is 14.4 Å². The van der Waals surface area contributed by atoms with Crippen molar-refractivity contribution in [2.75, 3.05) is 0 Å². The minimum Gasteiger partial charge on any atom is -0.324 e. The molecule has 3 rings (SSSR count). The molecule has 0 N–H and O–H groups in total. The number of nitrogens with zero attached hydrogens (tertiary/aromatic N) is 3. The van der Waals surface area contributed by atoms with E-state index in [2.05, 4.69) is 5.10 Å². The summed E-state index contributed by atoms with van der Waals surface area (Å²) >= 11 is 0. The molecule has 124 valence electrons. The van der Waals surface area contributed by atoms with Crippen molar-refractivity contribution in [1.29, 1.82) is 0 Å². The molecule has 1 aromatic heterocycles. The number of benzene rings is 1. The Kier molecular flexibility index (Phi) is 3.71. The summed E-state index contributed by atoms with van der Waals surface area (Å²) in [6, 6.07) is 6.42. The van der Waals surface area contributed by atoms with Crippen LogP contribution in [0.2, 0.25) is 0 Å². The fraction of sp³-hybridized carbons (Fsp3) is 0.294. The van der Waals surface area contributed by atoms with E-state index in [1.807, 2.05) is 13.8 Å². The Hall–Kier alpha value is -2.96. The van der Waals surface area contributed by atoms with Crippen molar-refractivity contribution in [2.24, 2.45) is 0 Å². The highest BCUT2D eigenvalue weighted by molar-refractivity contribution is 6.21. The van der Waals surface area contributed by atoms with E-state index in [0.717, 1.165) is 0 Å². The van der Waals surface area contributed by atoms with Crippen molar-refractivity contribution >= 4 is 17.8 Å². The summed E-state index contributed by atoms with van der Waals surface area (Å²) in [4.78, 5) is 42.1. The molecule has 2 amide bonds. The molecule has 24 heavy (non-hydrogen) atoms. The van der Waals surface area contributed by atoms with Gasteiger partial charge in [0.15, 0.2) is 0 Å². The first-order chi connectivity index (χ1) is 11.3. The lowest BCUT2D eigenvalue weighted by molar-refractivity contribution is -0.0585. The molecule has 7 heteroatoms. The molecule has 0 aliphatic carbocycles. The molecular weight excluding hydrogens is 310 g/mol. The topological polar surface area (TPSA) is 81.5 Å². The Morgan fingerprint density at radius 3 is 2.08 bits per heavy atom. The Labute approximate surface area is 138 Å². The number of carbonyl (C=O) groups excluding carboxylic acids is 3. The summed E-state index contributed by atoms with van der Waals surface area (Å²) < 4.78 is 1.70. The molecule has 0 atom stereocenters. The summed E-state index contributed by atoms with van der Waals surface area (Å²) in [6.07, 6.45) is 0. The summed E-state index contributed by atoms with van der Waals surface area (Å²) in [6.45, 7) is 7.32. The lowest BCUT2D eigenvalue weighted by Crippen LogP contribution is -2.33. The van der Waals surface area contributed by atoms with E-state index in [1.54, 1.807) is 30.7 Å². The zero-order valence-electron chi connectivity index (χ0n) is 13.9. The number of hydrogen-bond acceptors (Lipinski definition) is 5. The van der Waals surface area contributed by atoms with E-state index in [1.165, 1.54) is 12.1 Å². The number of hydrogen-bond donors (Lipinski definition) is 0. The summed E-state index contributed by atoms with van der Waals surface area (Å²) in [5.74, 6) is -2.06. The Bertz CT molecular complexity index is 832. The van der Waals surface area contributed by atoms with Gasteiger partial charge in [0.05, 0.1) is 22.5 Å². The number of imide groups is 1. The predicted molar refractivity (Wildman–Crippen MR) is 84.4 cm³/mol. The predicted octanol–water partition coefficient (Wildman–Crippen LogP) is 2.45. The molecule has 0 spiro atoms. The van der Waals surface area contributed by atoms with Gasteiger partial charge in [-0.25, -0.2) is 4.79 Å². The Morgan fingerprint density at radius 2 is 1.62 bits per heavy atom. The number of carbonyl (C=O) groups is 3. The van der Waals surface area contributed by atoms with Crippen LogP contribution in [-0.2, 0) is 4.84 Å². The number of hydroxylamine groups is 2. The van der Waals surface area contributed by atoms with Gasteiger partial charge in [-0.3, -0.25) is 14.3 Å². The van der Waals surface area contributed by atoms with Crippen molar-refractivity contribution in [1.82, 2.24) is 14.8 Å². The highest BCUT2D eigenvalue weighted by atomic mass is 16.7. The van der Waals surface area contributed by atoms with Crippen molar-refractivity contribution in [3.05, 3.63) is 52.3 Å². The van der Waals surface area contributed by atoms with E-state index in [-0.39, 0.29) is 22.7 Å². The Morgan fingerprint density at radius 1 is 1.08 bits per heavy atom. The van der Waals surface area contributed by atoms with Crippen LogP contribution in [0.25, 0.3) is 0 Å². The van der Waals surface area contributed by atoms with Gasteiger partial charge in [0.25, 0.3) is 11.8 Å². The SMILES string of the molecule is Cc1nn(C(C)C)c(C)c1C(=O)ON1C(=O)c2ccccc2C1=O. The lowest BCUT2D eigenvalue weighted by Gasteiger charge is -2.13. The van der Waals surface area contributed by atoms with Gasteiger partial charge >= 0.3 is 5.97 Å². The monoisotopic (exact) mass is 327 g/mol. The maximum absolute atomic E-state index is 12.5. The highest BCUT2D eigenvalue weighted by Gasteiger charge is 2.39. The second kappa shape index (κ2) is 5.59. The quantitative estimate of drug-likeness (QED) is 0.809. The van der Waals surface area contributed by atoms with Gasteiger partial charge in [-0.2, -0.15) is 5.10 Å². The Balaban J connectivity index is 1.90. The average molecular weight is 327 g/mol. The largest absolute Gasteiger partial charge is 0.367 e. The molecule has 0 radical (unpaired) electrons. The molecular formula is C17H17N3O4. The first-order valence-electron chi connectivity index (χ1n) is 7.58. The van der Waals surface area contributed by atoms with Crippen LogP contribution in [0.5, 0.6) is 0 Å². The number of aryl methyl sites for hydroxylation is 1. The van der Waals surface area contributed by atoms with Crippen molar-refractivity contribution in [3.63, 3.8) is 0 Å². The third kappa shape index (κ3) is 2.29. The normalized spacial score (nSPS) is 13.6. The lowest BCUT2D eigenvalue weighted by atomic mass is 10.1. The van der Waals surface area contributed by atoms with Crippen molar-refractivity contribution < 1.29 is 19.2 Å². The third-order valence-corrected chi connectivity index (χ3v) is 3.95. The van der Waals surface area contributed by atoms with Gasteiger partial charge in [0.1, 0.15) is 5.56 Å². The van der Waals surface area contributed by atoms with Crippen LogP contribution in [0.4, 0.5) is 0 Å². The fourth-order valence-corrected chi connectivity index (χ4v) is 2.84. The molecule has 0 unspecified atom stereocenters. The number of amides is 2. The van der Waals surface area contributed by atoms with E-state index in [0.29, 0.717) is 16.5 Å². The van der Waals surface area contributed by atoms with Gasteiger partial charge in [-0.15, -0.1) is 0 Å². The summed E-state index contributed by atoms with van der Waals surface area (Å²) in [7, 11) is 0. The summed E-state index contributed by atoms with van der Waals surface area (Å²) in [5, 5.41) is 4.82. The van der Waals surface area contributed by atoms with Gasteiger partial charge < -0.3 is 4.84 Å². The second-order valence-electron chi connectivity index (χ2n) is 5.91. The zero-order chi connectivity index (χ0) is 17.6.